The average Bonchev–Trinajstić information content (AvgIpc) is 2.78. The fourth-order valence-corrected chi connectivity index (χ4v) is 2.22. The number of ketones is 1. The molecule has 1 aromatic heterocycles. The van der Waals surface area contributed by atoms with Gasteiger partial charge in [-0.25, -0.2) is 0 Å². The van der Waals surface area contributed by atoms with Crippen LogP contribution in [0.3, 0.4) is 0 Å². The summed E-state index contributed by atoms with van der Waals surface area (Å²) in [6, 6.07) is 1.64. The fourth-order valence-electron chi connectivity index (χ4n) is 2.22. The number of hydrogen-bond donors (Lipinski definition) is 1. The van der Waals surface area contributed by atoms with Crippen LogP contribution >= 0.6 is 0 Å². The first-order valence-electron chi connectivity index (χ1n) is 5.49. The standard InChI is InChI=1S/C12H15NO2/c14-8-11-6-10(7-13-11)12(15)9-4-2-1-3-5-9/h6-9,13H,1-5H2. The van der Waals surface area contributed by atoms with Crippen molar-refractivity contribution < 1.29 is 9.59 Å². The van der Waals surface area contributed by atoms with Crippen molar-refractivity contribution in [2.24, 2.45) is 5.92 Å². The molecule has 0 aromatic carbocycles. The van der Waals surface area contributed by atoms with E-state index >= 15 is 0 Å². The number of aromatic nitrogens is 1. The minimum Gasteiger partial charge on any atom is -0.358 e. The van der Waals surface area contributed by atoms with E-state index in [0.29, 0.717) is 11.3 Å². The zero-order valence-electron chi connectivity index (χ0n) is 8.66. The second-order valence-electron chi connectivity index (χ2n) is 4.16. The molecule has 1 aromatic rings. The molecule has 15 heavy (non-hydrogen) atoms. The van der Waals surface area contributed by atoms with Crippen LogP contribution < -0.4 is 0 Å². The van der Waals surface area contributed by atoms with Crippen molar-refractivity contribution in [3.05, 3.63) is 23.5 Å². The number of carbonyl (C=O) groups excluding carboxylic acids is 2. The van der Waals surface area contributed by atoms with E-state index in [-0.39, 0.29) is 11.7 Å². The molecule has 0 unspecified atom stereocenters. The van der Waals surface area contributed by atoms with Crippen LogP contribution in [-0.4, -0.2) is 17.1 Å². The number of aldehydes is 1. The van der Waals surface area contributed by atoms with Crippen LogP contribution in [0.15, 0.2) is 12.3 Å². The summed E-state index contributed by atoms with van der Waals surface area (Å²) < 4.78 is 0. The topological polar surface area (TPSA) is 49.9 Å². The van der Waals surface area contributed by atoms with Crippen LogP contribution in [0.5, 0.6) is 0 Å². The largest absolute Gasteiger partial charge is 0.358 e. The minimum absolute atomic E-state index is 0.175. The molecule has 0 amide bonds. The van der Waals surface area contributed by atoms with E-state index in [9.17, 15) is 9.59 Å². The summed E-state index contributed by atoms with van der Waals surface area (Å²) in [7, 11) is 0. The van der Waals surface area contributed by atoms with Gasteiger partial charge in [-0.2, -0.15) is 0 Å². The van der Waals surface area contributed by atoms with Gasteiger partial charge in [0, 0.05) is 17.7 Å². The number of rotatable bonds is 3. The Morgan fingerprint density at radius 1 is 1.33 bits per heavy atom. The van der Waals surface area contributed by atoms with Crippen molar-refractivity contribution >= 4 is 12.1 Å². The Morgan fingerprint density at radius 2 is 2.07 bits per heavy atom. The maximum absolute atomic E-state index is 12.0. The van der Waals surface area contributed by atoms with Gasteiger partial charge in [-0.15, -0.1) is 0 Å². The maximum Gasteiger partial charge on any atom is 0.167 e. The second kappa shape index (κ2) is 4.43. The maximum atomic E-state index is 12.0. The SMILES string of the molecule is O=Cc1cc(C(=O)C2CCCCC2)c[nH]1. The highest BCUT2D eigenvalue weighted by Crippen LogP contribution is 2.26. The van der Waals surface area contributed by atoms with Crippen molar-refractivity contribution in [2.45, 2.75) is 32.1 Å². The number of hydrogen-bond acceptors (Lipinski definition) is 2. The molecule has 3 heteroatoms. The Kier molecular flexibility index (Phi) is 2.99. The molecule has 1 saturated carbocycles. The highest BCUT2D eigenvalue weighted by Gasteiger charge is 2.22. The van der Waals surface area contributed by atoms with Gasteiger partial charge in [-0.1, -0.05) is 19.3 Å². The lowest BCUT2D eigenvalue weighted by molar-refractivity contribution is 0.0889. The molecule has 1 heterocycles. The van der Waals surface area contributed by atoms with Gasteiger partial charge in [0.05, 0.1) is 5.69 Å². The van der Waals surface area contributed by atoms with Gasteiger partial charge in [0.15, 0.2) is 12.1 Å². The van der Waals surface area contributed by atoms with E-state index in [1.807, 2.05) is 0 Å². The van der Waals surface area contributed by atoms with E-state index in [1.54, 1.807) is 12.3 Å². The summed E-state index contributed by atoms with van der Waals surface area (Å²) in [4.78, 5) is 25.3. The zero-order valence-corrected chi connectivity index (χ0v) is 8.66. The number of H-pyrrole nitrogens is 1. The van der Waals surface area contributed by atoms with E-state index in [1.165, 1.54) is 6.42 Å². The molecular weight excluding hydrogens is 190 g/mol. The number of nitrogens with one attached hydrogen (secondary N) is 1. The lowest BCUT2D eigenvalue weighted by Crippen LogP contribution is -2.17. The van der Waals surface area contributed by atoms with Gasteiger partial charge < -0.3 is 4.98 Å². The molecule has 0 aliphatic heterocycles. The minimum atomic E-state index is 0.175. The highest BCUT2D eigenvalue weighted by atomic mass is 16.1. The van der Waals surface area contributed by atoms with Gasteiger partial charge in [-0.05, 0) is 18.9 Å². The van der Waals surface area contributed by atoms with Gasteiger partial charge in [-0.3, -0.25) is 9.59 Å². The zero-order chi connectivity index (χ0) is 10.7. The number of carbonyl (C=O) groups is 2. The molecule has 0 bridgehead atoms. The molecule has 0 spiro atoms. The normalized spacial score (nSPS) is 17.6. The van der Waals surface area contributed by atoms with Crippen LogP contribution in [0, 0.1) is 5.92 Å². The molecule has 1 aliphatic rings. The molecule has 80 valence electrons. The van der Waals surface area contributed by atoms with Gasteiger partial charge in [0.25, 0.3) is 0 Å². The van der Waals surface area contributed by atoms with Crippen LogP contribution in [0.1, 0.15) is 53.0 Å². The molecule has 2 rings (SSSR count). The summed E-state index contributed by atoms with van der Waals surface area (Å²) >= 11 is 0. The number of Topliss-reactive ketones (excluding diaryl/α,β-unsaturated/α-hetero) is 1. The van der Waals surface area contributed by atoms with Crippen LogP contribution in [-0.2, 0) is 0 Å². The fraction of sp³-hybridized carbons (Fsp3) is 0.500. The van der Waals surface area contributed by atoms with Gasteiger partial charge in [0.2, 0.25) is 0 Å². The third-order valence-corrected chi connectivity index (χ3v) is 3.09. The Balaban J connectivity index is 2.08. The first-order chi connectivity index (χ1) is 7.31. The molecule has 1 aliphatic carbocycles. The highest BCUT2D eigenvalue weighted by molar-refractivity contribution is 5.98. The molecule has 1 N–H and O–H groups in total. The molecule has 0 saturated heterocycles. The molecule has 3 nitrogen and oxygen atoms in total. The molecular formula is C12H15NO2. The summed E-state index contributed by atoms with van der Waals surface area (Å²) in [5, 5.41) is 0. The first-order valence-corrected chi connectivity index (χ1v) is 5.49. The van der Waals surface area contributed by atoms with E-state index in [2.05, 4.69) is 4.98 Å². The monoisotopic (exact) mass is 205 g/mol. The lowest BCUT2D eigenvalue weighted by atomic mass is 9.84. The van der Waals surface area contributed by atoms with Gasteiger partial charge in [0.1, 0.15) is 0 Å². The van der Waals surface area contributed by atoms with E-state index in [4.69, 9.17) is 0 Å². The summed E-state index contributed by atoms with van der Waals surface area (Å²) in [6.07, 6.45) is 7.93. The van der Waals surface area contributed by atoms with Gasteiger partial charge >= 0.3 is 0 Å². The second-order valence-corrected chi connectivity index (χ2v) is 4.16. The number of aromatic amines is 1. The van der Waals surface area contributed by atoms with Crippen LogP contribution in [0.2, 0.25) is 0 Å². The van der Waals surface area contributed by atoms with Crippen molar-refractivity contribution in [3.63, 3.8) is 0 Å². The summed E-state index contributed by atoms with van der Waals surface area (Å²) in [5.41, 5.74) is 1.14. The Labute approximate surface area is 88.9 Å². The van der Waals surface area contributed by atoms with Crippen molar-refractivity contribution in [3.8, 4) is 0 Å². The lowest BCUT2D eigenvalue weighted by Gasteiger charge is -2.19. The quantitative estimate of drug-likeness (QED) is 0.609. The Bertz CT molecular complexity index is 361. The summed E-state index contributed by atoms with van der Waals surface area (Å²) in [6.45, 7) is 0. The van der Waals surface area contributed by atoms with E-state index in [0.717, 1.165) is 32.0 Å². The molecule has 0 atom stereocenters. The third-order valence-electron chi connectivity index (χ3n) is 3.09. The molecule has 0 radical (unpaired) electrons. The predicted molar refractivity (Wildman–Crippen MR) is 57.1 cm³/mol. The Hall–Kier alpha value is -1.38. The van der Waals surface area contributed by atoms with Crippen molar-refractivity contribution in [2.75, 3.05) is 0 Å². The third kappa shape index (κ3) is 2.17. The average molecular weight is 205 g/mol. The van der Waals surface area contributed by atoms with Crippen molar-refractivity contribution in [1.29, 1.82) is 0 Å². The Morgan fingerprint density at radius 3 is 2.67 bits per heavy atom. The summed E-state index contributed by atoms with van der Waals surface area (Å²) in [5.74, 6) is 0.369. The molecule has 1 fully saturated rings. The smallest absolute Gasteiger partial charge is 0.167 e. The predicted octanol–water partition coefficient (Wildman–Crippen LogP) is 2.59. The first kappa shape index (κ1) is 10.1. The van der Waals surface area contributed by atoms with Crippen LogP contribution in [0.4, 0.5) is 0 Å². The van der Waals surface area contributed by atoms with Crippen molar-refractivity contribution in [1.82, 2.24) is 4.98 Å². The van der Waals surface area contributed by atoms with Crippen LogP contribution in [0.25, 0.3) is 0 Å². The van der Waals surface area contributed by atoms with E-state index < -0.39 is 0 Å².